The summed E-state index contributed by atoms with van der Waals surface area (Å²) >= 11 is 0. The van der Waals surface area contributed by atoms with Gasteiger partial charge in [0.1, 0.15) is 43.2 Å². The molecule has 0 aromatic carbocycles. The molecule has 6 N–H and O–H groups in total. The smallest absolute Gasteiger partial charge is 0.462 e. The second-order valence-electron chi connectivity index (χ2n) is 16.3. The quantitative estimate of drug-likeness (QED) is 0.0148. The van der Waals surface area contributed by atoms with Crippen molar-refractivity contribution in [1.29, 1.82) is 0 Å². The molecule has 0 amide bonds. The fourth-order valence-corrected chi connectivity index (χ4v) is 7.87. The summed E-state index contributed by atoms with van der Waals surface area (Å²) in [6.45, 7) is 3.25. The van der Waals surface area contributed by atoms with Crippen LogP contribution in [0, 0.1) is 0 Å². The van der Waals surface area contributed by atoms with Gasteiger partial charge in [0.25, 0.3) is 0 Å². The molecule has 350 valence electrons. The first-order valence-electron chi connectivity index (χ1n) is 23.3. The van der Waals surface area contributed by atoms with Crippen molar-refractivity contribution >= 4 is 19.8 Å². The van der Waals surface area contributed by atoms with Gasteiger partial charge in [-0.3, -0.25) is 18.6 Å². The Morgan fingerprint density at radius 3 is 1.40 bits per heavy atom. The van der Waals surface area contributed by atoms with Gasteiger partial charge in [0.05, 0.1) is 6.61 Å². The number of phosphoric ester groups is 1. The molecule has 14 heteroatoms. The predicted octanol–water partition coefficient (Wildman–Crippen LogP) is 9.00. The van der Waals surface area contributed by atoms with E-state index in [0.29, 0.717) is 12.8 Å². The number of carbonyl (C=O) groups is 2. The Kier molecular flexibility index (Phi) is 34.2. The second-order valence-corrected chi connectivity index (χ2v) is 17.7. The van der Waals surface area contributed by atoms with Gasteiger partial charge < -0.3 is 39.9 Å². The fourth-order valence-electron chi connectivity index (χ4n) is 6.90. The van der Waals surface area contributed by atoms with Crippen LogP contribution in [-0.2, 0) is 32.7 Å². The number of aliphatic hydroxyl groups is 5. The number of hydrogen-bond acceptors (Lipinski definition) is 12. The standard InChI is InChI=1S/C46H83O13P/c1-3-5-7-9-11-13-15-17-19-21-23-25-27-29-31-33-35-40(48)58-38(37-57-60(54,55)59-46-44(52)42(50)41(49)43(51)45(46)53)36-56-39(47)34-32-30-28-26-24-22-20-18-16-14-12-10-8-6-4-2/h12,14,18-21,38,41-46,49-53H,3-11,13,15-17,22-37H2,1-2H3,(H,54,55)/b14-12-,20-18-,21-19-/t38-,41?,42-,43?,44?,45?,46?/m1/s1. The lowest BCUT2D eigenvalue weighted by Crippen LogP contribution is -2.64. The molecule has 0 aliphatic heterocycles. The summed E-state index contributed by atoms with van der Waals surface area (Å²) in [7, 11) is -5.12. The van der Waals surface area contributed by atoms with Crippen molar-refractivity contribution in [2.45, 2.75) is 230 Å². The van der Waals surface area contributed by atoms with E-state index in [1.165, 1.54) is 64.2 Å². The van der Waals surface area contributed by atoms with E-state index in [1.54, 1.807) is 0 Å². The molecule has 1 fully saturated rings. The monoisotopic (exact) mass is 875 g/mol. The summed E-state index contributed by atoms with van der Waals surface area (Å²) in [4.78, 5) is 35.7. The summed E-state index contributed by atoms with van der Waals surface area (Å²) in [5, 5.41) is 50.1. The van der Waals surface area contributed by atoms with Gasteiger partial charge in [-0.2, -0.15) is 0 Å². The number of hydrogen-bond donors (Lipinski definition) is 6. The van der Waals surface area contributed by atoms with Crippen LogP contribution in [0.3, 0.4) is 0 Å². The molecule has 1 aliphatic carbocycles. The fraction of sp³-hybridized carbons (Fsp3) is 0.826. The largest absolute Gasteiger partial charge is 0.472 e. The van der Waals surface area contributed by atoms with E-state index >= 15 is 0 Å². The van der Waals surface area contributed by atoms with Crippen molar-refractivity contribution < 1.29 is 63.1 Å². The molecule has 0 aromatic heterocycles. The first kappa shape index (κ1) is 56.1. The van der Waals surface area contributed by atoms with Gasteiger partial charge in [-0.25, -0.2) is 4.57 Å². The van der Waals surface area contributed by atoms with Crippen molar-refractivity contribution in [3.63, 3.8) is 0 Å². The number of allylic oxidation sites excluding steroid dienone is 6. The summed E-state index contributed by atoms with van der Waals surface area (Å²) in [6.07, 6.45) is 27.6. The van der Waals surface area contributed by atoms with Gasteiger partial charge in [0, 0.05) is 12.8 Å². The molecular weight excluding hydrogens is 791 g/mol. The highest BCUT2D eigenvalue weighted by Crippen LogP contribution is 2.47. The van der Waals surface area contributed by atoms with Gasteiger partial charge in [-0.15, -0.1) is 0 Å². The third-order valence-corrected chi connectivity index (χ3v) is 11.7. The maximum Gasteiger partial charge on any atom is 0.472 e. The molecule has 0 spiro atoms. The number of phosphoric acid groups is 1. The van der Waals surface area contributed by atoms with Crippen LogP contribution in [0.15, 0.2) is 36.5 Å². The Hall–Kier alpha value is -1.93. The Morgan fingerprint density at radius 2 is 0.900 bits per heavy atom. The van der Waals surface area contributed by atoms with E-state index in [9.17, 15) is 44.6 Å². The highest BCUT2D eigenvalue weighted by Gasteiger charge is 2.51. The average Bonchev–Trinajstić information content (AvgIpc) is 3.23. The van der Waals surface area contributed by atoms with Crippen LogP contribution in [0.1, 0.15) is 187 Å². The van der Waals surface area contributed by atoms with Crippen LogP contribution in [-0.4, -0.2) is 98.3 Å². The highest BCUT2D eigenvalue weighted by atomic mass is 31.2. The molecule has 0 heterocycles. The van der Waals surface area contributed by atoms with Gasteiger partial charge >= 0.3 is 19.8 Å². The molecule has 60 heavy (non-hydrogen) atoms. The molecule has 8 atom stereocenters. The number of carbonyl (C=O) groups excluding carboxylic acids is 2. The molecule has 1 aliphatic rings. The van der Waals surface area contributed by atoms with Gasteiger partial charge in [-0.05, 0) is 70.6 Å². The van der Waals surface area contributed by atoms with E-state index in [2.05, 4.69) is 50.3 Å². The van der Waals surface area contributed by atoms with Crippen LogP contribution in [0.4, 0.5) is 0 Å². The van der Waals surface area contributed by atoms with E-state index in [0.717, 1.165) is 83.5 Å². The number of rotatable bonds is 38. The summed E-state index contributed by atoms with van der Waals surface area (Å²) in [6, 6.07) is 0. The second kappa shape index (κ2) is 36.5. The van der Waals surface area contributed by atoms with Crippen molar-refractivity contribution in [3.8, 4) is 0 Å². The third kappa shape index (κ3) is 28.6. The summed E-state index contributed by atoms with van der Waals surface area (Å²) in [5.74, 6) is -1.12. The summed E-state index contributed by atoms with van der Waals surface area (Å²) < 4.78 is 33.5. The maximum atomic E-state index is 12.8. The molecule has 1 saturated carbocycles. The number of esters is 2. The van der Waals surface area contributed by atoms with Crippen LogP contribution in [0.2, 0.25) is 0 Å². The molecule has 1 rings (SSSR count). The molecule has 0 radical (unpaired) electrons. The van der Waals surface area contributed by atoms with Gasteiger partial charge in [0.15, 0.2) is 6.10 Å². The van der Waals surface area contributed by atoms with Crippen molar-refractivity contribution in [2.24, 2.45) is 0 Å². The zero-order chi connectivity index (χ0) is 44.3. The predicted molar refractivity (Wildman–Crippen MR) is 235 cm³/mol. The molecule has 6 unspecified atom stereocenters. The number of aliphatic hydroxyl groups excluding tert-OH is 5. The molecule has 0 aromatic rings. The van der Waals surface area contributed by atoms with Crippen molar-refractivity contribution in [1.82, 2.24) is 0 Å². The molecule has 0 bridgehead atoms. The van der Waals surface area contributed by atoms with Crippen molar-refractivity contribution in [3.05, 3.63) is 36.5 Å². The van der Waals surface area contributed by atoms with Crippen LogP contribution >= 0.6 is 7.82 Å². The highest BCUT2D eigenvalue weighted by molar-refractivity contribution is 7.47. The van der Waals surface area contributed by atoms with Crippen LogP contribution < -0.4 is 0 Å². The Bertz CT molecular complexity index is 1190. The molecule has 0 saturated heterocycles. The van der Waals surface area contributed by atoms with Crippen LogP contribution in [0.25, 0.3) is 0 Å². The Balaban J connectivity index is 2.48. The lowest BCUT2D eigenvalue weighted by Gasteiger charge is -2.41. The topological polar surface area (TPSA) is 210 Å². The lowest BCUT2D eigenvalue weighted by molar-refractivity contribution is -0.220. The Labute approximate surface area is 361 Å². The maximum absolute atomic E-state index is 12.8. The zero-order valence-electron chi connectivity index (χ0n) is 37.0. The zero-order valence-corrected chi connectivity index (χ0v) is 37.9. The van der Waals surface area contributed by atoms with Crippen LogP contribution in [0.5, 0.6) is 0 Å². The minimum absolute atomic E-state index is 0.0839. The number of unbranched alkanes of at least 4 members (excludes halogenated alkanes) is 20. The first-order chi connectivity index (χ1) is 28.9. The minimum Gasteiger partial charge on any atom is -0.462 e. The van der Waals surface area contributed by atoms with E-state index in [4.69, 9.17) is 18.5 Å². The minimum atomic E-state index is -5.12. The normalized spacial score (nSPS) is 22.5. The first-order valence-corrected chi connectivity index (χ1v) is 24.8. The van der Waals surface area contributed by atoms with E-state index in [1.807, 2.05) is 0 Å². The Morgan fingerprint density at radius 1 is 0.517 bits per heavy atom. The average molecular weight is 875 g/mol. The van der Waals surface area contributed by atoms with Gasteiger partial charge in [-0.1, -0.05) is 140 Å². The number of ether oxygens (including phenoxy) is 2. The molecule has 13 nitrogen and oxygen atoms in total. The molecular formula is C46H83O13P. The lowest BCUT2D eigenvalue weighted by atomic mass is 9.85. The van der Waals surface area contributed by atoms with Gasteiger partial charge in [0.2, 0.25) is 0 Å². The third-order valence-electron chi connectivity index (χ3n) is 10.7. The van der Waals surface area contributed by atoms with Crippen molar-refractivity contribution in [2.75, 3.05) is 13.2 Å². The summed E-state index contributed by atoms with van der Waals surface area (Å²) in [5.41, 5.74) is 0. The SMILES string of the molecule is CCCCC/C=C\C/C=C\CCCCCCCC(=O)OC[C@H](COP(=O)(O)OC1C(O)C(O)C(O)[C@@H](O)C1O)OC(=O)CCCCCCC/C=C\CCCCCCCCC. The van der Waals surface area contributed by atoms with E-state index < -0.39 is 75.7 Å². The van der Waals surface area contributed by atoms with E-state index in [-0.39, 0.29) is 12.8 Å².